The first-order chi connectivity index (χ1) is 13.3. The van der Waals surface area contributed by atoms with Crippen LogP contribution in [0.2, 0.25) is 0 Å². The third-order valence-corrected chi connectivity index (χ3v) is 6.86. The Kier molecular flexibility index (Phi) is 10.9. The lowest BCUT2D eigenvalue weighted by Crippen LogP contribution is -2.43. The van der Waals surface area contributed by atoms with E-state index in [2.05, 4.69) is 15.6 Å². The van der Waals surface area contributed by atoms with E-state index in [9.17, 15) is 8.42 Å². The van der Waals surface area contributed by atoms with Gasteiger partial charge in [-0.2, -0.15) is 0 Å². The maximum absolute atomic E-state index is 11.8. The van der Waals surface area contributed by atoms with E-state index in [0.29, 0.717) is 16.9 Å². The van der Waals surface area contributed by atoms with E-state index in [1.807, 2.05) is 26.0 Å². The SMILES string of the molecule is CCOCCC1(CNC(=NC)NCc2ccc(S(C)(=O)=O)c(C)c2)CCCC1.I. The topological polar surface area (TPSA) is 79.8 Å². The lowest BCUT2D eigenvalue weighted by atomic mass is 9.83. The average Bonchev–Trinajstić information content (AvgIpc) is 3.10. The number of rotatable bonds is 9. The van der Waals surface area contributed by atoms with Gasteiger partial charge in [-0.3, -0.25) is 4.99 Å². The minimum atomic E-state index is -3.19. The molecule has 0 heterocycles. The molecule has 1 aromatic carbocycles. The minimum Gasteiger partial charge on any atom is -0.382 e. The lowest BCUT2D eigenvalue weighted by Gasteiger charge is -2.30. The smallest absolute Gasteiger partial charge is 0.191 e. The molecule has 0 saturated heterocycles. The Labute approximate surface area is 193 Å². The normalized spacial score (nSPS) is 16.3. The van der Waals surface area contributed by atoms with Gasteiger partial charge in [-0.25, -0.2) is 8.42 Å². The van der Waals surface area contributed by atoms with Gasteiger partial charge in [-0.15, -0.1) is 24.0 Å². The molecular formula is C21H36IN3O3S. The first-order valence-corrected chi connectivity index (χ1v) is 12.0. The van der Waals surface area contributed by atoms with Crippen LogP contribution in [0.4, 0.5) is 0 Å². The number of ether oxygens (including phenoxy) is 1. The van der Waals surface area contributed by atoms with Crippen molar-refractivity contribution in [3.63, 3.8) is 0 Å². The fraction of sp³-hybridized carbons (Fsp3) is 0.667. The molecule has 0 spiro atoms. The van der Waals surface area contributed by atoms with Gasteiger partial charge < -0.3 is 15.4 Å². The second-order valence-electron chi connectivity index (χ2n) is 7.81. The van der Waals surface area contributed by atoms with Crippen LogP contribution in [0.15, 0.2) is 28.1 Å². The molecule has 1 saturated carbocycles. The highest BCUT2D eigenvalue weighted by atomic mass is 127. The van der Waals surface area contributed by atoms with Crippen molar-refractivity contribution >= 4 is 39.8 Å². The van der Waals surface area contributed by atoms with Gasteiger partial charge in [0.25, 0.3) is 0 Å². The van der Waals surface area contributed by atoms with Crippen LogP contribution in [0.3, 0.4) is 0 Å². The first kappa shape index (κ1) is 26.2. The summed E-state index contributed by atoms with van der Waals surface area (Å²) in [5.41, 5.74) is 2.09. The zero-order valence-electron chi connectivity index (χ0n) is 18.1. The number of halogens is 1. The number of nitrogens with one attached hydrogen (secondary N) is 2. The quantitative estimate of drug-likeness (QED) is 0.218. The zero-order valence-corrected chi connectivity index (χ0v) is 21.2. The number of guanidine groups is 1. The predicted octanol–water partition coefficient (Wildman–Crippen LogP) is 3.67. The molecule has 0 amide bonds. The van der Waals surface area contributed by atoms with Crippen LogP contribution < -0.4 is 10.6 Å². The van der Waals surface area contributed by atoms with Crippen LogP contribution in [0.25, 0.3) is 0 Å². The van der Waals surface area contributed by atoms with Crippen molar-refractivity contribution < 1.29 is 13.2 Å². The molecular weight excluding hydrogens is 501 g/mol. The summed E-state index contributed by atoms with van der Waals surface area (Å²) < 4.78 is 29.1. The van der Waals surface area contributed by atoms with Crippen LogP contribution >= 0.6 is 24.0 Å². The van der Waals surface area contributed by atoms with Crippen molar-refractivity contribution in [1.82, 2.24) is 10.6 Å². The number of benzene rings is 1. The maximum Gasteiger partial charge on any atom is 0.191 e. The molecule has 166 valence electrons. The Morgan fingerprint density at radius 1 is 1.24 bits per heavy atom. The zero-order chi connectivity index (χ0) is 20.6. The summed E-state index contributed by atoms with van der Waals surface area (Å²) in [6.07, 6.45) is 7.35. The van der Waals surface area contributed by atoms with Gasteiger partial charge in [-0.1, -0.05) is 25.0 Å². The largest absolute Gasteiger partial charge is 0.382 e. The standard InChI is InChI=1S/C21H35N3O3S.HI/c1-5-27-13-12-21(10-6-7-11-21)16-24-20(22-3)23-15-18-8-9-19(17(2)14-18)28(4,25)26;/h8-9,14H,5-7,10-13,15-16H2,1-4H3,(H2,22,23,24);1H. The Hall–Kier alpha value is -0.870. The fourth-order valence-electron chi connectivity index (χ4n) is 3.99. The summed E-state index contributed by atoms with van der Waals surface area (Å²) in [5.74, 6) is 0.771. The van der Waals surface area contributed by atoms with E-state index in [1.54, 1.807) is 13.1 Å². The number of aryl methyl sites for hydroxylation is 1. The van der Waals surface area contributed by atoms with Crippen molar-refractivity contribution in [3.8, 4) is 0 Å². The third kappa shape index (κ3) is 8.05. The van der Waals surface area contributed by atoms with Crippen LogP contribution in [-0.4, -0.2) is 47.4 Å². The molecule has 1 fully saturated rings. The minimum absolute atomic E-state index is 0. The van der Waals surface area contributed by atoms with Gasteiger partial charge in [0.1, 0.15) is 0 Å². The Bertz CT molecular complexity index is 775. The van der Waals surface area contributed by atoms with Crippen LogP contribution in [0.5, 0.6) is 0 Å². The molecule has 0 unspecified atom stereocenters. The van der Waals surface area contributed by atoms with Crippen molar-refractivity contribution in [2.45, 2.75) is 57.4 Å². The van der Waals surface area contributed by atoms with E-state index in [1.165, 1.54) is 31.9 Å². The van der Waals surface area contributed by atoms with Gasteiger partial charge in [0.05, 0.1) is 4.90 Å². The lowest BCUT2D eigenvalue weighted by molar-refractivity contribution is 0.105. The molecule has 6 nitrogen and oxygen atoms in total. The second-order valence-corrected chi connectivity index (χ2v) is 9.79. The van der Waals surface area contributed by atoms with Gasteiger partial charge in [0.15, 0.2) is 15.8 Å². The summed E-state index contributed by atoms with van der Waals surface area (Å²) in [7, 11) is -1.41. The van der Waals surface area contributed by atoms with Crippen molar-refractivity contribution in [3.05, 3.63) is 29.3 Å². The Morgan fingerprint density at radius 3 is 2.48 bits per heavy atom. The summed E-state index contributed by atoms with van der Waals surface area (Å²) in [5, 5.41) is 6.82. The third-order valence-electron chi connectivity index (χ3n) is 5.60. The van der Waals surface area contributed by atoms with E-state index in [0.717, 1.165) is 43.3 Å². The van der Waals surface area contributed by atoms with Gasteiger partial charge in [0.2, 0.25) is 0 Å². The monoisotopic (exact) mass is 537 g/mol. The molecule has 2 N–H and O–H groups in total. The predicted molar refractivity (Wildman–Crippen MR) is 130 cm³/mol. The molecule has 1 aliphatic rings. The average molecular weight is 538 g/mol. The van der Waals surface area contributed by atoms with E-state index < -0.39 is 9.84 Å². The first-order valence-electron chi connectivity index (χ1n) is 10.1. The molecule has 0 radical (unpaired) electrons. The summed E-state index contributed by atoms with van der Waals surface area (Å²) in [4.78, 5) is 4.72. The molecule has 1 aliphatic carbocycles. The Balaban J connectivity index is 0.00000420. The second kappa shape index (κ2) is 12.1. The van der Waals surface area contributed by atoms with Gasteiger partial charge in [-0.05, 0) is 55.7 Å². The number of hydrogen-bond acceptors (Lipinski definition) is 4. The van der Waals surface area contributed by atoms with Crippen LogP contribution in [0.1, 0.15) is 50.2 Å². The van der Waals surface area contributed by atoms with Gasteiger partial charge in [0, 0.05) is 39.6 Å². The number of hydrogen-bond donors (Lipinski definition) is 2. The fourth-order valence-corrected chi connectivity index (χ4v) is 4.95. The number of sulfone groups is 1. The molecule has 0 atom stereocenters. The number of nitrogens with zero attached hydrogens (tertiary/aromatic N) is 1. The highest BCUT2D eigenvalue weighted by molar-refractivity contribution is 14.0. The van der Waals surface area contributed by atoms with E-state index in [4.69, 9.17) is 4.74 Å². The molecule has 0 aliphatic heterocycles. The number of aliphatic imine (C=N–C) groups is 1. The highest BCUT2D eigenvalue weighted by Gasteiger charge is 2.33. The van der Waals surface area contributed by atoms with Crippen molar-refractivity contribution in [2.24, 2.45) is 10.4 Å². The van der Waals surface area contributed by atoms with Crippen molar-refractivity contribution in [1.29, 1.82) is 0 Å². The molecule has 0 aromatic heterocycles. The maximum atomic E-state index is 11.8. The summed E-state index contributed by atoms with van der Waals surface area (Å²) in [6.45, 7) is 6.94. The van der Waals surface area contributed by atoms with E-state index in [-0.39, 0.29) is 24.0 Å². The van der Waals surface area contributed by atoms with Gasteiger partial charge >= 0.3 is 0 Å². The Morgan fingerprint density at radius 2 is 1.93 bits per heavy atom. The summed E-state index contributed by atoms with van der Waals surface area (Å²) in [6, 6.07) is 5.44. The van der Waals surface area contributed by atoms with Crippen LogP contribution in [-0.2, 0) is 21.1 Å². The molecule has 1 aromatic rings. The van der Waals surface area contributed by atoms with Crippen molar-refractivity contribution in [2.75, 3.05) is 33.1 Å². The molecule has 8 heteroatoms. The molecule has 0 bridgehead atoms. The molecule has 29 heavy (non-hydrogen) atoms. The van der Waals surface area contributed by atoms with Crippen LogP contribution in [0, 0.1) is 12.3 Å². The molecule has 2 rings (SSSR count). The van der Waals surface area contributed by atoms with E-state index >= 15 is 0 Å². The summed E-state index contributed by atoms with van der Waals surface area (Å²) >= 11 is 0. The highest BCUT2D eigenvalue weighted by Crippen LogP contribution is 2.40.